The summed E-state index contributed by atoms with van der Waals surface area (Å²) in [5.41, 5.74) is 0.701. The Morgan fingerprint density at radius 2 is 2.04 bits per heavy atom. The highest BCUT2D eigenvalue weighted by atomic mass is 31.2. The summed E-state index contributed by atoms with van der Waals surface area (Å²) in [6, 6.07) is 6.51. The zero-order valence-corrected chi connectivity index (χ0v) is 13.8. The number of ketones is 1. The molecule has 1 unspecified atom stereocenters. The van der Waals surface area contributed by atoms with Crippen molar-refractivity contribution in [2.24, 2.45) is 4.76 Å². The smallest absolute Gasteiger partial charge is 0.448 e. The van der Waals surface area contributed by atoms with Crippen molar-refractivity contribution in [2.75, 3.05) is 0 Å². The number of phenolic OH excluding ortho intramolecular Hbond substituents is 1. The highest BCUT2D eigenvalue weighted by Gasteiger charge is 2.24. The van der Waals surface area contributed by atoms with E-state index in [-0.39, 0.29) is 41.6 Å². The molecule has 128 valence electrons. The number of hydrogen-bond acceptors (Lipinski definition) is 4. The lowest BCUT2D eigenvalue weighted by molar-refractivity contribution is -0.115. The van der Waals surface area contributed by atoms with Crippen molar-refractivity contribution >= 4 is 19.2 Å². The minimum absolute atomic E-state index is 0.00896. The van der Waals surface area contributed by atoms with Crippen molar-refractivity contribution in [1.82, 2.24) is 0 Å². The van der Waals surface area contributed by atoms with Gasteiger partial charge < -0.3 is 20.0 Å². The molecular weight excluding hydrogens is 333 g/mol. The van der Waals surface area contributed by atoms with E-state index in [2.05, 4.69) is 4.76 Å². The van der Waals surface area contributed by atoms with Crippen molar-refractivity contribution in [3.8, 4) is 5.75 Å². The minimum atomic E-state index is -4.68. The Balaban J connectivity index is 2.24. The van der Waals surface area contributed by atoms with E-state index in [0.29, 0.717) is 0 Å². The molecule has 0 aliphatic heterocycles. The molecule has 0 bridgehead atoms. The van der Waals surface area contributed by atoms with E-state index in [4.69, 9.17) is 9.79 Å². The molecule has 2 rings (SSSR count). The molecule has 0 spiro atoms. The summed E-state index contributed by atoms with van der Waals surface area (Å²) in [5.74, 6) is -0.673. The van der Waals surface area contributed by atoms with Crippen molar-refractivity contribution in [1.29, 1.82) is 0 Å². The predicted molar refractivity (Wildman–Crippen MR) is 89.0 cm³/mol. The molecule has 1 aromatic carbocycles. The molecule has 0 aromatic heterocycles. The number of allylic oxidation sites excluding steroid dienone is 3. The van der Waals surface area contributed by atoms with Gasteiger partial charge in [-0.05, 0) is 35.8 Å². The molecule has 0 heterocycles. The normalized spacial score (nSPS) is 18.0. The minimum Gasteiger partial charge on any atom is -0.508 e. The third kappa shape index (κ3) is 4.89. The van der Waals surface area contributed by atoms with Gasteiger partial charge in [-0.2, -0.15) is 4.76 Å². The van der Waals surface area contributed by atoms with Crippen molar-refractivity contribution in [3.05, 3.63) is 53.3 Å². The third-order valence-corrected chi connectivity index (χ3v) is 4.09. The molecule has 0 saturated carbocycles. The highest BCUT2D eigenvalue weighted by Crippen LogP contribution is 2.38. The predicted octanol–water partition coefficient (Wildman–Crippen LogP) is 2.76. The van der Waals surface area contributed by atoms with Gasteiger partial charge in [-0.15, -0.1) is 0 Å². The SMILES string of the molecule is CC(CC(=O)C1=CC(O)=CCC1=NP(=O)(O)O)c1cccc(O)c1. The number of rotatable bonds is 5. The van der Waals surface area contributed by atoms with Crippen LogP contribution in [0.5, 0.6) is 5.75 Å². The van der Waals surface area contributed by atoms with Crippen molar-refractivity contribution in [2.45, 2.75) is 25.7 Å². The van der Waals surface area contributed by atoms with Crippen LogP contribution in [0.25, 0.3) is 0 Å². The number of carbonyl (C=O) groups is 1. The van der Waals surface area contributed by atoms with Gasteiger partial charge >= 0.3 is 7.75 Å². The zero-order valence-electron chi connectivity index (χ0n) is 13.0. The Morgan fingerprint density at radius 1 is 1.33 bits per heavy atom. The van der Waals surface area contributed by atoms with Gasteiger partial charge in [0.1, 0.15) is 11.5 Å². The van der Waals surface area contributed by atoms with Gasteiger partial charge in [0.25, 0.3) is 0 Å². The van der Waals surface area contributed by atoms with Gasteiger partial charge in [0.2, 0.25) is 0 Å². The molecule has 8 heteroatoms. The number of nitrogens with zero attached hydrogens (tertiary/aromatic N) is 1. The molecule has 1 atom stereocenters. The quantitative estimate of drug-likeness (QED) is 0.604. The van der Waals surface area contributed by atoms with Crippen LogP contribution in [-0.4, -0.2) is 31.5 Å². The second-order valence-electron chi connectivity index (χ2n) is 5.57. The molecule has 0 radical (unpaired) electrons. The van der Waals surface area contributed by atoms with Crippen LogP contribution in [0.3, 0.4) is 0 Å². The lowest BCUT2D eigenvalue weighted by Gasteiger charge is -2.16. The fourth-order valence-corrected chi connectivity index (χ4v) is 2.94. The van der Waals surface area contributed by atoms with Crippen LogP contribution >= 0.6 is 7.75 Å². The first kappa shape index (κ1) is 18.1. The Labute approximate surface area is 138 Å². The van der Waals surface area contributed by atoms with Crippen LogP contribution in [-0.2, 0) is 9.36 Å². The molecule has 4 N–H and O–H groups in total. The first-order valence-corrected chi connectivity index (χ1v) is 8.80. The Morgan fingerprint density at radius 3 is 2.67 bits per heavy atom. The second kappa shape index (κ2) is 7.13. The number of hydrogen-bond donors (Lipinski definition) is 4. The van der Waals surface area contributed by atoms with Gasteiger partial charge in [-0.1, -0.05) is 19.1 Å². The second-order valence-corrected chi connectivity index (χ2v) is 6.80. The van der Waals surface area contributed by atoms with E-state index < -0.39 is 13.5 Å². The molecule has 1 aliphatic carbocycles. The van der Waals surface area contributed by atoms with Gasteiger partial charge in [0, 0.05) is 18.4 Å². The summed E-state index contributed by atoms with van der Waals surface area (Å²) in [7, 11) is -4.68. The van der Waals surface area contributed by atoms with Gasteiger partial charge in [-0.3, -0.25) is 4.79 Å². The number of phenols is 1. The largest absolute Gasteiger partial charge is 0.508 e. The van der Waals surface area contributed by atoms with Crippen molar-refractivity contribution in [3.63, 3.8) is 0 Å². The number of aromatic hydroxyl groups is 1. The summed E-state index contributed by atoms with van der Waals surface area (Å²) in [5, 5.41) is 19.1. The Hall–Kier alpha value is -2.21. The molecule has 7 nitrogen and oxygen atoms in total. The van der Waals surface area contributed by atoms with Gasteiger partial charge in [-0.25, -0.2) is 4.57 Å². The topological polar surface area (TPSA) is 127 Å². The number of benzene rings is 1. The highest BCUT2D eigenvalue weighted by molar-refractivity contribution is 7.50. The van der Waals surface area contributed by atoms with E-state index in [1.54, 1.807) is 25.1 Å². The number of aliphatic hydroxyl groups excluding tert-OH is 1. The Bertz CT molecular complexity index is 790. The maximum absolute atomic E-state index is 12.5. The third-order valence-electron chi connectivity index (χ3n) is 3.59. The van der Waals surface area contributed by atoms with Crippen LogP contribution in [0.4, 0.5) is 0 Å². The maximum Gasteiger partial charge on any atom is 0.448 e. The Kier molecular flexibility index (Phi) is 5.39. The molecule has 1 aromatic rings. The molecule has 24 heavy (non-hydrogen) atoms. The number of carbonyl (C=O) groups excluding carboxylic acids is 1. The van der Waals surface area contributed by atoms with Crippen LogP contribution in [0.1, 0.15) is 31.2 Å². The van der Waals surface area contributed by atoms with E-state index in [0.717, 1.165) is 11.6 Å². The number of aliphatic hydroxyl groups is 1. The van der Waals surface area contributed by atoms with E-state index in [1.165, 1.54) is 12.1 Å². The van der Waals surface area contributed by atoms with E-state index in [1.807, 2.05) is 0 Å². The average molecular weight is 351 g/mol. The fourth-order valence-electron chi connectivity index (χ4n) is 2.43. The summed E-state index contributed by atoms with van der Waals surface area (Å²) in [6.45, 7) is 1.80. The monoisotopic (exact) mass is 351 g/mol. The lowest BCUT2D eigenvalue weighted by Crippen LogP contribution is -2.17. The maximum atomic E-state index is 12.5. The van der Waals surface area contributed by atoms with Crippen LogP contribution in [0, 0.1) is 0 Å². The summed E-state index contributed by atoms with van der Waals surface area (Å²) >= 11 is 0. The average Bonchev–Trinajstić information content (AvgIpc) is 2.47. The van der Waals surface area contributed by atoms with Crippen LogP contribution < -0.4 is 0 Å². The number of Topliss-reactive ketones (excluding diaryl/α,β-unsaturated/α-hetero) is 1. The fraction of sp³-hybridized carbons (Fsp3) is 0.250. The van der Waals surface area contributed by atoms with E-state index >= 15 is 0 Å². The van der Waals surface area contributed by atoms with E-state index in [9.17, 15) is 19.6 Å². The van der Waals surface area contributed by atoms with Crippen LogP contribution in [0.2, 0.25) is 0 Å². The zero-order chi connectivity index (χ0) is 17.9. The summed E-state index contributed by atoms with van der Waals surface area (Å²) < 4.78 is 14.4. The molecular formula is C16H18NO6P. The molecule has 1 aliphatic rings. The van der Waals surface area contributed by atoms with Crippen LogP contribution in [0.15, 0.2) is 52.5 Å². The first-order valence-electron chi connectivity index (χ1n) is 7.23. The standard InChI is InChI=1S/C16H18NO6P/c1-10(11-3-2-4-12(18)8-11)7-16(20)14-9-13(19)5-6-15(14)17-24(21,22)23/h2-5,8-10,18-19H,6-7H2,1H3,(H2,21,22,23). The first-order chi connectivity index (χ1) is 11.2. The van der Waals surface area contributed by atoms with Gasteiger partial charge in [0.15, 0.2) is 5.78 Å². The summed E-state index contributed by atoms with van der Waals surface area (Å²) in [6.07, 6.45) is 2.50. The van der Waals surface area contributed by atoms with Crippen molar-refractivity contribution < 1.29 is 29.4 Å². The lowest BCUT2D eigenvalue weighted by atomic mass is 9.89. The molecule has 0 amide bonds. The molecule has 0 saturated heterocycles. The summed E-state index contributed by atoms with van der Waals surface area (Å²) in [4.78, 5) is 30.5. The molecule has 0 fully saturated rings. The van der Waals surface area contributed by atoms with Gasteiger partial charge in [0.05, 0.1) is 5.71 Å².